The molecule has 0 fully saturated rings. The number of amides is 2. The van der Waals surface area contributed by atoms with E-state index in [0.29, 0.717) is 35.3 Å². The van der Waals surface area contributed by atoms with Crippen LogP contribution >= 0.6 is 22.9 Å². The number of hydrogen-bond donors (Lipinski definition) is 1. The molecule has 2 rings (SSSR count). The summed E-state index contributed by atoms with van der Waals surface area (Å²) >= 11 is 7.27. The fourth-order valence-electron chi connectivity index (χ4n) is 2.07. The highest BCUT2D eigenvalue weighted by molar-refractivity contribution is 7.13. The molecule has 6 nitrogen and oxygen atoms in total. The van der Waals surface area contributed by atoms with Crippen molar-refractivity contribution in [2.24, 2.45) is 0 Å². The highest BCUT2D eigenvalue weighted by atomic mass is 35.5. The molecule has 0 bridgehead atoms. The van der Waals surface area contributed by atoms with Crippen molar-refractivity contribution in [3.8, 4) is 0 Å². The maximum atomic E-state index is 12.7. The van der Waals surface area contributed by atoms with Crippen molar-refractivity contribution in [3.05, 3.63) is 46.4 Å². The Morgan fingerprint density at radius 1 is 1.42 bits per heavy atom. The predicted octanol–water partition coefficient (Wildman–Crippen LogP) is 2.91. The lowest BCUT2D eigenvalue weighted by atomic mass is 10.2. The Labute approximate surface area is 149 Å². The second-order valence-corrected chi connectivity index (χ2v) is 6.30. The van der Waals surface area contributed by atoms with Crippen LogP contribution in [0.15, 0.2) is 35.8 Å². The lowest BCUT2D eigenvalue weighted by molar-refractivity contribution is -0.116. The smallest absolute Gasteiger partial charge is 0.254 e. The van der Waals surface area contributed by atoms with Crippen molar-refractivity contribution in [1.29, 1.82) is 0 Å². The molecule has 0 unspecified atom stereocenters. The summed E-state index contributed by atoms with van der Waals surface area (Å²) < 4.78 is 5.02. The van der Waals surface area contributed by atoms with Crippen LogP contribution in [-0.2, 0) is 9.53 Å². The first-order valence-corrected chi connectivity index (χ1v) is 8.59. The van der Waals surface area contributed by atoms with Crippen LogP contribution in [-0.4, -0.2) is 48.5 Å². The minimum absolute atomic E-state index is 0.0609. The van der Waals surface area contributed by atoms with E-state index >= 15 is 0 Å². The molecule has 0 saturated heterocycles. The van der Waals surface area contributed by atoms with Gasteiger partial charge in [0.05, 0.1) is 0 Å². The molecular weight excluding hydrogens is 350 g/mol. The number of ether oxygens (including phenoxy) is 1. The van der Waals surface area contributed by atoms with Crippen molar-refractivity contribution in [1.82, 2.24) is 9.88 Å². The third kappa shape index (κ3) is 5.59. The lowest BCUT2D eigenvalue weighted by Gasteiger charge is -2.22. The average Bonchev–Trinajstić information content (AvgIpc) is 3.06. The molecule has 1 N–H and O–H groups in total. The lowest BCUT2D eigenvalue weighted by Crippen LogP contribution is -2.39. The first-order chi connectivity index (χ1) is 11.6. The van der Waals surface area contributed by atoms with Gasteiger partial charge in [-0.3, -0.25) is 9.59 Å². The first-order valence-electron chi connectivity index (χ1n) is 7.33. The van der Waals surface area contributed by atoms with Crippen LogP contribution in [0.25, 0.3) is 0 Å². The number of halogens is 1. The van der Waals surface area contributed by atoms with Gasteiger partial charge >= 0.3 is 0 Å². The Morgan fingerprint density at radius 3 is 2.92 bits per heavy atom. The Bertz CT molecular complexity index is 679. The van der Waals surface area contributed by atoms with Gasteiger partial charge in [-0.2, -0.15) is 0 Å². The molecule has 0 aliphatic heterocycles. The molecule has 8 heteroatoms. The second kappa shape index (κ2) is 9.36. The molecule has 128 valence electrons. The number of carbonyl (C=O) groups excluding carboxylic acids is 2. The summed E-state index contributed by atoms with van der Waals surface area (Å²) in [5, 5.41) is 5.43. The molecule has 0 atom stereocenters. The summed E-state index contributed by atoms with van der Waals surface area (Å²) in [6, 6.07) is 6.67. The zero-order valence-electron chi connectivity index (χ0n) is 13.2. The van der Waals surface area contributed by atoms with Gasteiger partial charge in [0, 0.05) is 42.4 Å². The summed E-state index contributed by atoms with van der Waals surface area (Å²) in [5.74, 6) is -0.541. The third-order valence-electron chi connectivity index (χ3n) is 3.15. The van der Waals surface area contributed by atoms with Crippen LogP contribution in [0, 0.1) is 0 Å². The van der Waals surface area contributed by atoms with Gasteiger partial charge in [-0.05, 0) is 24.6 Å². The number of rotatable bonds is 8. The summed E-state index contributed by atoms with van der Waals surface area (Å²) in [4.78, 5) is 30.3. The minimum Gasteiger partial charge on any atom is -0.385 e. The molecule has 1 aromatic carbocycles. The highest BCUT2D eigenvalue weighted by Crippen LogP contribution is 2.14. The molecule has 0 saturated carbocycles. The van der Waals surface area contributed by atoms with Crippen molar-refractivity contribution < 1.29 is 14.3 Å². The highest BCUT2D eigenvalue weighted by Gasteiger charge is 2.19. The van der Waals surface area contributed by atoms with Crippen LogP contribution in [0.2, 0.25) is 5.02 Å². The summed E-state index contributed by atoms with van der Waals surface area (Å²) in [6.45, 7) is 0.854. The van der Waals surface area contributed by atoms with Crippen molar-refractivity contribution in [3.63, 3.8) is 0 Å². The Morgan fingerprint density at radius 2 is 2.25 bits per heavy atom. The number of carbonyl (C=O) groups is 2. The number of methoxy groups -OCH3 is 1. The molecule has 0 radical (unpaired) electrons. The zero-order chi connectivity index (χ0) is 17.4. The molecule has 1 heterocycles. The van der Waals surface area contributed by atoms with Crippen LogP contribution < -0.4 is 5.32 Å². The van der Waals surface area contributed by atoms with Gasteiger partial charge in [0.1, 0.15) is 6.54 Å². The maximum absolute atomic E-state index is 12.7. The van der Waals surface area contributed by atoms with Gasteiger partial charge in [-0.15, -0.1) is 11.3 Å². The second-order valence-electron chi connectivity index (χ2n) is 4.97. The Hall–Kier alpha value is -1.96. The van der Waals surface area contributed by atoms with E-state index in [2.05, 4.69) is 10.3 Å². The monoisotopic (exact) mass is 367 g/mol. The normalized spacial score (nSPS) is 10.4. The summed E-state index contributed by atoms with van der Waals surface area (Å²) in [5.41, 5.74) is 0.446. The van der Waals surface area contributed by atoms with E-state index in [0.717, 1.165) is 0 Å². The van der Waals surface area contributed by atoms with E-state index < -0.39 is 0 Å². The molecule has 0 aliphatic carbocycles. The first kappa shape index (κ1) is 18.4. The van der Waals surface area contributed by atoms with Gasteiger partial charge in [0.25, 0.3) is 5.91 Å². The number of hydrogen-bond acceptors (Lipinski definition) is 5. The Balaban J connectivity index is 2.05. The molecule has 0 aliphatic rings. The van der Waals surface area contributed by atoms with Crippen molar-refractivity contribution in [2.75, 3.05) is 32.1 Å². The number of nitrogens with one attached hydrogen (secondary N) is 1. The number of anilines is 1. The van der Waals surface area contributed by atoms with Gasteiger partial charge in [0.2, 0.25) is 5.91 Å². The van der Waals surface area contributed by atoms with Crippen molar-refractivity contribution in [2.45, 2.75) is 6.42 Å². The van der Waals surface area contributed by atoms with Gasteiger partial charge in [0.15, 0.2) is 5.13 Å². The molecular formula is C16H18ClN3O3S. The molecule has 24 heavy (non-hydrogen) atoms. The number of aromatic nitrogens is 1. The van der Waals surface area contributed by atoms with Crippen LogP contribution in [0.5, 0.6) is 0 Å². The number of thiazole rings is 1. The van der Waals surface area contributed by atoms with Crippen LogP contribution in [0.4, 0.5) is 5.13 Å². The van der Waals surface area contributed by atoms with E-state index in [1.807, 2.05) is 0 Å². The van der Waals surface area contributed by atoms with E-state index in [1.165, 1.54) is 16.2 Å². The van der Waals surface area contributed by atoms with Crippen LogP contribution in [0.1, 0.15) is 16.8 Å². The fourth-order valence-corrected chi connectivity index (χ4v) is 2.81. The van der Waals surface area contributed by atoms with Gasteiger partial charge < -0.3 is 15.0 Å². The van der Waals surface area contributed by atoms with Gasteiger partial charge in [-0.1, -0.05) is 17.7 Å². The predicted molar refractivity (Wildman–Crippen MR) is 94.6 cm³/mol. The summed E-state index contributed by atoms with van der Waals surface area (Å²) in [7, 11) is 1.60. The van der Waals surface area contributed by atoms with Crippen molar-refractivity contribution >= 4 is 39.9 Å². The number of benzene rings is 1. The SMILES string of the molecule is COCCCN(CC(=O)Nc1nccs1)C(=O)c1cccc(Cl)c1. The molecule has 1 aromatic heterocycles. The quantitative estimate of drug-likeness (QED) is 0.728. The minimum atomic E-state index is -0.294. The van der Waals surface area contributed by atoms with E-state index in [4.69, 9.17) is 16.3 Å². The molecule has 2 aromatic rings. The zero-order valence-corrected chi connectivity index (χ0v) is 14.8. The third-order valence-corrected chi connectivity index (χ3v) is 4.07. The fraction of sp³-hybridized carbons (Fsp3) is 0.312. The molecule has 0 spiro atoms. The largest absolute Gasteiger partial charge is 0.385 e. The van der Waals surface area contributed by atoms with Gasteiger partial charge in [-0.25, -0.2) is 4.98 Å². The van der Waals surface area contributed by atoms with E-state index in [9.17, 15) is 9.59 Å². The van der Waals surface area contributed by atoms with Crippen LogP contribution in [0.3, 0.4) is 0 Å². The number of nitrogens with zero attached hydrogens (tertiary/aromatic N) is 2. The standard InChI is InChI=1S/C16H18ClN3O3S/c1-23-8-3-7-20(11-14(21)19-16-18-6-9-24-16)15(22)12-4-2-5-13(17)10-12/h2,4-6,9-10H,3,7-8,11H2,1H3,(H,18,19,21). The Kier molecular flexibility index (Phi) is 7.17. The van der Waals surface area contributed by atoms with E-state index in [1.54, 1.807) is 43.0 Å². The molecule has 2 amide bonds. The average molecular weight is 368 g/mol. The maximum Gasteiger partial charge on any atom is 0.254 e. The summed E-state index contributed by atoms with van der Waals surface area (Å²) in [6.07, 6.45) is 2.24. The van der Waals surface area contributed by atoms with E-state index in [-0.39, 0.29) is 18.4 Å². The topological polar surface area (TPSA) is 71.5 Å².